The van der Waals surface area contributed by atoms with E-state index in [-0.39, 0.29) is 24.2 Å². The zero-order valence-electron chi connectivity index (χ0n) is 14.7. The molecule has 1 aromatic rings. The highest BCUT2D eigenvalue weighted by Crippen LogP contribution is 2.37. The van der Waals surface area contributed by atoms with Crippen molar-refractivity contribution in [3.63, 3.8) is 0 Å². The van der Waals surface area contributed by atoms with Crippen molar-refractivity contribution >= 4 is 12.1 Å². The van der Waals surface area contributed by atoms with Crippen molar-refractivity contribution in [3.8, 4) is 0 Å². The van der Waals surface area contributed by atoms with Crippen LogP contribution < -0.4 is 10.6 Å². The molecule has 2 aliphatic rings. The van der Waals surface area contributed by atoms with Crippen molar-refractivity contribution in [1.82, 2.24) is 15.5 Å². The van der Waals surface area contributed by atoms with E-state index in [1.54, 1.807) is 4.90 Å². The van der Waals surface area contributed by atoms with Gasteiger partial charge in [0, 0.05) is 19.1 Å². The first-order chi connectivity index (χ1) is 12.2. The van der Waals surface area contributed by atoms with Crippen LogP contribution in [-0.4, -0.2) is 43.3 Å². The number of methoxy groups -OCH3 is 1. The second-order valence-electron chi connectivity index (χ2n) is 6.93. The molecule has 0 radical (unpaired) electrons. The van der Waals surface area contributed by atoms with Crippen LogP contribution in [0.15, 0.2) is 30.3 Å². The average molecular weight is 345 g/mol. The van der Waals surface area contributed by atoms with Crippen LogP contribution >= 0.6 is 0 Å². The van der Waals surface area contributed by atoms with Gasteiger partial charge in [-0.1, -0.05) is 36.8 Å². The molecule has 1 saturated carbocycles. The van der Waals surface area contributed by atoms with E-state index in [9.17, 15) is 9.59 Å². The maximum Gasteiger partial charge on any atom is 0.409 e. The van der Waals surface area contributed by atoms with Crippen LogP contribution in [0.5, 0.6) is 0 Å². The smallest absolute Gasteiger partial charge is 0.409 e. The number of nitrogens with one attached hydrogen (secondary N) is 2. The summed E-state index contributed by atoms with van der Waals surface area (Å²) in [6.07, 6.45) is 4.78. The average Bonchev–Trinajstić information content (AvgIpc) is 2.60. The molecule has 1 aliphatic heterocycles. The van der Waals surface area contributed by atoms with Crippen molar-refractivity contribution in [2.24, 2.45) is 5.92 Å². The number of urea groups is 1. The van der Waals surface area contributed by atoms with Crippen LogP contribution in [0.4, 0.5) is 9.59 Å². The summed E-state index contributed by atoms with van der Waals surface area (Å²) in [5.74, 6) is 0.523. The van der Waals surface area contributed by atoms with Gasteiger partial charge in [0.25, 0.3) is 0 Å². The van der Waals surface area contributed by atoms with E-state index in [4.69, 9.17) is 4.74 Å². The van der Waals surface area contributed by atoms with Crippen LogP contribution in [-0.2, 0) is 4.74 Å². The van der Waals surface area contributed by atoms with Crippen molar-refractivity contribution in [2.75, 3.05) is 20.2 Å². The van der Waals surface area contributed by atoms with Crippen LogP contribution in [0, 0.1) is 5.92 Å². The molecule has 136 valence electrons. The maximum absolute atomic E-state index is 12.5. The molecule has 1 saturated heterocycles. The van der Waals surface area contributed by atoms with E-state index in [1.165, 1.54) is 19.1 Å². The summed E-state index contributed by atoms with van der Waals surface area (Å²) in [6, 6.07) is 10.2. The predicted octanol–water partition coefficient (Wildman–Crippen LogP) is 3.06. The fourth-order valence-corrected chi connectivity index (χ4v) is 3.61. The van der Waals surface area contributed by atoms with Crippen molar-refractivity contribution in [1.29, 1.82) is 0 Å². The third-order valence-corrected chi connectivity index (χ3v) is 5.33. The summed E-state index contributed by atoms with van der Waals surface area (Å²) >= 11 is 0. The Bertz CT molecular complexity index is 581. The molecule has 25 heavy (non-hydrogen) atoms. The van der Waals surface area contributed by atoms with E-state index in [0.29, 0.717) is 19.0 Å². The van der Waals surface area contributed by atoms with Crippen LogP contribution in [0.25, 0.3) is 0 Å². The van der Waals surface area contributed by atoms with Crippen LogP contribution in [0.3, 0.4) is 0 Å². The topological polar surface area (TPSA) is 70.7 Å². The van der Waals surface area contributed by atoms with E-state index in [2.05, 4.69) is 22.8 Å². The highest BCUT2D eigenvalue weighted by Gasteiger charge is 2.30. The molecule has 1 atom stereocenters. The standard InChI is InChI=1S/C19H27N3O3/c1-25-19(24)22-12-10-16(11-13-22)20-18(23)21-17(15-8-5-9-15)14-6-3-2-4-7-14/h2-4,6-7,15-17H,5,8-13H2,1H3,(H2,20,21,23)/t17-/m0/s1. The Labute approximate surface area is 148 Å². The molecule has 3 amide bonds. The molecule has 0 unspecified atom stereocenters. The summed E-state index contributed by atoms with van der Waals surface area (Å²) in [5, 5.41) is 6.24. The SMILES string of the molecule is COC(=O)N1CCC(NC(=O)N[C@@H](c2ccccc2)C2CCC2)CC1. The molecule has 1 heterocycles. The number of amides is 3. The number of carbonyl (C=O) groups is 2. The van der Waals surface area contributed by atoms with E-state index in [1.807, 2.05) is 18.2 Å². The van der Waals surface area contributed by atoms with Crippen LogP contribution in [0.2, 0.25) is 0 Å². The number of rotatable bonds is 4. The molecule has 0 aromatic heterocycles. The highest BCUT2D eigenvalue weighted by molar-refractivity contribution is 5.75. The number of piperidine rings is 1. The third-order valence-electron chi connectivity index (χ3n) is 5.33. The van der Waals surface area contributed by atoms with E-state index < -0.39 is 0 Å². The molecule has 6 nitrogen and oxygen atoms in total. The first kappa shape index (κ1) is 17.6. The van der Waals surface area contributed by atoms with Gasteiger partial charge in [0.15, 0.2) is 0 Å². The lowest BCUT2D eigenvalue weighted by atomic mass is 9.77. The molecule has 2 fully saturated rings. The van der Waals surface area contributed by atoms with Gasteiger partial charge in [-0.15, -0.1) is 0 Å². The normalized spacial score (nSPS) is 19.6. The van der Waals surface area contributed by atoms with Crippen molar-refractivity contribution in [3.05, 3.63) is 35.9 Å². The zero-order chi connectivity index (χ0) is 17.6. The quantitative estimate of drug-likeness (QED) is 0.881. The Hall–Kier alpha value is -2.24. The number of hydrogen-bond acceptors (Lipinski definition) is 3. The minimum absolute atomic E-state index is 0.0742. The predicted molar refractivity (Wildman–Crippen MR) is 95.2 cm³/mol. The second-order valence-corrected chi connectivity index (χ2v) is 6.93. The highest BCUT2D eigenvalue weighted by atomic mass is 16.5. The number of hydrogen-bond donors (Lipinski definition) is 2. The van der Waals surface area contributed by atoms with Gasteiger partial charge < -0.3 is 20.3 Å². The van der Waals surface area contributed by atoms with Gasteiger partial charge >= 0.3 is 12.1 Å². The second kappa shape index (κ2) is 8.23. The summed E-state index contributed by atoms with van der Waals surface area (Å²) in [6.45, 7) is 1.23. The first-order valence-corrected chi connectivity index (χ1v) is 9.12. The Kier molecular flexibility index (Phi) is 5.79. The largest absolute Gasteiger partial charge is 0.453 e. The molecule has 0 spiro atoms. The van der Waals surface area contributed by atoms with E-state index >= 15 is 0 Å². The summed E-state index contributed by atoms with van der Waals surface area (Å²) < 4.78 is 4.74. The van der Waals surface area contributed by atoms with E-state index in [0.717, 1.165) is 25.7 Å². The summed E-state index contributed by atoms with van der Waals surface area (Å²) in [4.78, 5) is 25.7. The van der Waals surface area contributed by atoms with Crippen LogP contribution in [0.1, 0.15) is 43.7 Å². The van der Waals surface area contributed by atoms with Gasteiger partial charge in [-0.2, -0.15) is 0 Å². The molecular formula is C19H27N3O3. The van der Waals surface area contributed by atoms with Crippen molar-refractivity contribution in [2.45, 2.75) is 44.2 Å². The number of benzene rings is 1. The Morgan fingerprint density at radius 1 is 1.12 bits per heavy atom. The Morgan fingerprint density at radius 3 is 2.36 bits per heavy atom. The monoisotopic (exact) mass is 345 g/mol. The lowest BCUT2D eigenvalue weighted by Crippen LogP contribution is -2.50. The minimum atomic E-state index is -0.294. The van der Waals surface area contributed by atoms with Gasteiger partial charge in [-0.05, 0) is 37.2 Å². The van der Waals surface area contributed by atoms with Gasteiger partial charge in [-0.25, -0.2) is 9.59 Å². The molecule has 2 N–H and O–H groups in total. The summed E-state index contributed by atoms with van der Waals surface area (Å²) in [7, 11) is 1.39. The first-order valence-electron chi connectivity index (χ1n) is 9.12. The molecule has 1 aliphatic carbocycles. The third kappa shape index (κ3) is 4.44. The number of carbonyl (C=O) groups excluding carboxylic acids is 2. The number of ether oxygens (including phenoxy) is 1. The molecular weight excluding hydrogens is 318 g/mol. The fourth-order valence-electron chi connectivity index (χ4n) is 3.61. The lowest BCUT2D eigenvalue weighted by Gasteiger charge is -2.36. The molecule has 6 heteroatoms. The Morgan fingerprint density at radius 2 is 1.80 bits per heavy atom. The minimum Gasteiger partial charge on any atom is -0.453 e. The lowest BCUT2D eigenvalue weighted by molar-refractivity contribution is 0.110. The molecule has 3 rings (SSSR count). The van der Waals surface area contributed by atoms with Crippen molar-refractivity contribution < 1.29 is 14.3 Å². The fraction of sp³-hybridized carbons (Fsp3) is 0.579. The van der Waals surface area contributed by atoms with Gasteiger partial charge in [0.1, 0.15) is 0 Å². The Balaban J connectivity index is 1.52. The van der Waals surface area contributed by atoms with Gasteiger partial charge in [0.05, 0.1) is 13.2 Å². The number of likely N-dealkylation sites (tertiary alicyclic amines) is 1. The maximum atomic E-state index is 12.5. The van der Waals surface area contributed by atoms with Gasteiger partial charge in [0.2, 0.25) is 0 Å². The van der Waals surface area contributed by atoms with Gasteiger partial charge in [-0.3, -0.25) is 0 Å². The zero-order valence-corrected chi connectivity index (χ0v) is 14.7. The summed E-state index contributed by atoms with van der Waals surface area (Å²) in [5.41, 5.74) is 1.17. The number of nitrogens with zero attached hydrogens (tertiary/aromatic N) is 1. The molecule has 1 aromatic carbocycles. The molecule has 0 bridgehead atoms.